The Balaban J connectivity index is 1.95. The van der Waals surface area contributed by atoms with Crippen molar-refractivity contribution in [2.24, 2.45) is 0 Å². The summed E-state index contributed by atoms with van der Waals surface area (Å²) < 4.78 is 17.5. The van der Waals surface area contributed by atoms with Crippen LogP contribution in [-0.2, 0) is 6.42 Å². The molecule has 0 spiro atoms. The van der Waals surface area contributed by atoms with Crippen molar-refractivity contribution in [3.63, 3.8) is 0 Å². The number of hydrogen-bond acceptors (Lipinski definition) is 6. The number of hydrogen-bond donors (Lipinski definition) is 0. The van der Waals surface area contributed by atoms with E-state index < -0.39 is 22.0 Å². The summed E-state index contributed by atoms with van der Waals surface area (Å²) >= 11 is 0. The second-order valence-corrected chi connectivity index (χ2v) is 8.23. The lowest BCUT2D eigenvalue weighted by Gasteiger charge is -2.29. The van der Waals surface area contributed by atoms with Crippen LogP contribution in [-0.4, -0.2) is 10.5 Å². The molecule has 1 aliphatic heterocycles. The Labute approximate surface area is 176 Å². The average molecular weight is 417 g/mol. The van der Waals surface area contributed by atoms with Gasteiger partial charge in [-0.2, -0.15) is 0 Å². The Morgan fingerprint density at radius 3 is 2.55 bits per heavy atom. The van der Waals surface area contributed by atoms with Gasteiger partial charge >= 0.3 is 11.5 Å². The van der Waals surface area contributed by atoms with Gasteiger partial charge in [0, 0.05) is 5.56 Å². The maximum atomic E-state index is 12.7. The van der Waals surface area contributed by atoms with Crippen molar-refractivity contribution < 1.29 is 18.5 Å². The fraction of sp³-hybridized carbons (Fsp3) is 0.208. The van der Waals surface area contributed by atoms with E-state index in [9.17, 15) is 14.9 Å². The fourth-order valence-corrected chi connectivity index (χ4v) is 4.03. The summed E-state index contributed by atoms with van der Waals surface area (Å²) in [4.78, 5) is 23.5. The minimum atomic E-state index is -0.611. The van der Waals surface area contributed by atoms with Crippen molar-refractivity contribution in [1.29, 1.82) is 0 Å². The van der Waals surface area contributed by atoms with Crippen LogP contribution in [0, 0.1) is 17.0 Å². The van der Waals surface area contributed by atoms with Gasteiger partial charge < -0.3 is 13.6 Å². The van der Waals surface area contributed by atoms with Crippen LogP contribution in [0.25, 0.3) is 28.0 Å². The number of nitro groups is 1. The molecule has 31 heavy (non-hydrogen) atoms. The van der Waals surface area contributed by atoms with Crippen molar-refractivity contribution in [2.75, 3.05) is 0 Å². The summed E-state index contributed by atoms with van der Waals surface area (Å²) in [5.74, 6) is 0.0767. The molecule has 0 fully saturated rings. The highest BCUT2D eigenvalue weighted by Crippen LogP contribution is 2.46. The molecule has 0 saturated carbocycles. The predicted octanol–water partition coefficient (Wildman–Crippen LogP) is 5.53. The lowest BCUT2D eigenvalue weighted by molar-refractivity contribution is -0.401. The van der Waals surface area contributed by atoms with Gasteiger partial charge in [-0.1, -0.05) is 30.3 Å². The third-order valence-electron chi connectivity index (χ3n) is 5.58. The van der Waals surface area contributed by atoms with Gasteiger partial charge in [-0.05, 0) is 50.5 Å². The van der Waals surface area contributed by atoms with E-state index >= 15 is 0 Å². The summed E-state index contributed by atoms with van der Waals surface area (Å²) in [5.41, 5.74) is 2.26. The Bertz CT molecular complexity index is 1460. The highest BCUT2D eigenvalue weighted by atomic mass is 16.6. The van der Waals surface area contributed by atoms with Crippen LogP contribution in [0.4, 0.5) is 5.88 Å². The molecular weight excluding hydrogens is 398 g/mol. The highest BCUT2D eigenvalue weighted by molar-refractivity contribution is 6.12. The van der Waals surface area contributed by atoms with Gasteiger partial charge in [0.05, 0.1) is 22.4 Å². The van der Waals surface area contributed by atoms with Crippen LogP contribution in [0.2, 0.25) is 0 Å². The second kappa shape index (κ2) is 6.57. The molecule has 156 valence electrons. The molecule has 0 bridgehead atoms. The summed E-state index contributed by atoms with van der Waals surface area (Å²) in [6.07, 6.45) is 4.21. The molecule has 0 unspecified atom stereocenters. The molecule has 1 aliphatic rings. The normalized spacial score (nSPS) is 14.5. The van der Waals surface area contributed by atoms with Crippen molar-refractivity contribution in [2.45, 2.75) is 32.8 Å². The summed E-state index contributed by atoms with van der Waals surface area (Å²) in [6, 6.07) is 11.1. The van der Waals surface area contributed by atoms with Gasteiger partial charge in [-0.15, -0.1) is 0 Å². The maximum Gasteiger partial charge on any atom is 0.434 e. The van der Waals surface area contributed by atoms with Gasteiger partial charge in [0.25, 0.3) is 0 Å². The van der Waals surface area contributed by atoms with Gasteiger partial charge in [0.15, 0.2) is 11.2 Å². The molecule has 0 radical (unpaired) electrons. The zero-order valence-electron chi connectivity index (χ0n) is 17.2. The Morgan fingerprint density at radius 1 is 1.10 bits per heavy atom. The number of nitrogens with zero attached hydrogens (tertiary/aromatic N) is 1. The number of rotatable bonds is 3. The third kappa shape index (κ3) is 3.01. The van der Waals surface area contributed by atoms with E-state index in [4.69, 9.17) is 13.6 Å². The van der Waals surface area contributed by atoms with Gasteiger partial charge in [0.1, 0.15) is 16.3 Å². The van der Waals surface area contributed by atoms with Gasteiger partial charge in [-0.3, -0.25) is 10.1 Å². The first-order chi connectivity index (χ1) is 14.7. The van der Waals surface area contributed by atoms with E-state index in [0.29, 0.717) is 34.1 Å². The Kier molecular flexibility index (Phi) is 4.05. The molecule has 7 heteroatoms. The van der Waals surface area contributed by atoms with E-state index in [2.05, 4.69) is 0 Å². The largest absolute Gasteiger partial charge is 0.482 e. The fourth-order valence-electron chi connectivity index (χ4n) is 4.03. The number of furan rings is 1. The molecule has 0 aliphatic carbocycles. The molecule has 2 aromatic heterocycles. The van der Waals surface area contributed by atoms with Crippen LogP contribution in [0.5, 0.6) is 5.75 Å². The smallest absolute Gasteiger partial charge is 0.434 e. The standard InChI is InChI=1S/C24H19NO6/c1-13-16(11-14-7-5-4-6-8-14)19-21(30-23(13)26)17-12-18(25(27)28)29-20(17)15-9-10-24(2,3)31-22(15)19/h4-10,12H,11H2,1-3H3. The molecular formula is C24H19NO6. The minimum Gasteiger partial charge on any atom is -0.482 e. The first-order valence-electron chi connectivity index (χ1n) is 9.87. The third-order valence-corrected chi connectivity index (χ3v) is 5.58. The molecule has 0 saturated heterocycles. The molecule has 5 rings (SSSR count). The zero-order chi connectivity index (χ0) is 21.9. The van der Waals surface area contributed by atoms with E-state index in [1.807, 2.05) is 56.3 Å². The lowest BCUT2D eigenvalue weighted by atomic mass is 9.92. The quantitative estimate of drug-likeness (QED) is 0.247. The number of ether oxygens (including phenoxy) is 1. The molecule has 0 atom stereocenters. The topological polar surface area (TPSA) is 95.7 Å². The first-order valence-corrected chi connectivity index (χ1v) is 9.87. The maximum absolute atomic E-state index is 12.7. The molecule has 3 heterocycles. The summed E-state index contributed by atoms with van der Waals surface area (Å²) in [6.45, 7) is 5.55. The minimum absolute atomic E-state index is 0.234. The molecule has 7 nitrogen and oxygen atoms in total. The molecule has 0 amide bonds. The summed E-state index contributed by atoms with van der Waals surface area (Å²) in [7, 11) is 0. The first kappa shape index (κ1) is 19.1. The van der Waals surface area contributed by atoms with E-state index in [0.717, 1.165) is 11.1 Å². The van der Waals surface area contributed by atoms with Crippen LogP contribution >= 0.6 is 0 Å². The van der Waals surface area contributed by atoms with Gasteiger partial charge in [-0.25, -0.2) is 4.79 Å². The molecule has 4 aromatic rings. The number of benzene rings is 2. The van der Waals surface area contributed by atoms with Crippen molar-refractivity contribution >= 4 is 33.9 Å². The second-order valence-electron chi connectivity index (χ2n) is 8.23. The van der Waals surface area contributed by atoms with Crippen LogP contribution in [0.1, 0.15) is 36.1 Å². The summed E-state index contributed by atoms with van der Waals surface area (Å²) in [5, 5.41) is 12.4. The Hall–Kier alpha value is -3.87. The van der Waals surface area contributed by atoms with E-state index in [1.165, 1.54) is 6.07 Å². The Morgan fingerprint density at radius 2 is 1.84 bits per heavy atom. The van der Waals surface area contributed by atoms with Crippen molar-refractivity contribution in [1.82, 2.24) is 0 Å². The van der Waals surface area contributed by atoms with Crippen molar-refractivity contribution in [3.05, 3.63) is 85.3 Å². The van der Waals surface area contributed by atoms with Crippen LogP contribution < -0.4 is 10.4 Å². The SMILES string of the molecule is Cc1c(Cc2ccccc2)c2c3c(c4oc([N+](=O)[O-])cc4c2oc1=O)C=CC(C)(C)O3. The van der Waals surface area contributed by atoms with Gasteiger partial charge in [0.2, 0.25) is 0 Å². The molecule has 0 N–H and O–H groups in total. The van der Waals surface area contributed by atoms with Crippen LogP contribution in [0.15, 0.2) is 56.1 Å². The van der Waals surface area contributed by atoms with Crippen molar-refractivity contribution in [3.8, 4) is 5.75 Å². The number of fused-ring (bicyclic) bond motifs is 6. The highest BCUT2D eigenvalue weighted by Gasteiger charge is 2.32. The average Bonchev–Trinajstić information content (AvgIpc) is 3.17. The van der Waals surface area contributed by atoms with E-state index in [1.54, 1.807) is 6.92 Å². The zero-order valence-corrected chi connectivity index (χ0v) is 17.2. The molecule has 2 aromatic carbocycles. The van der Waals surface area contributed by atoms with E-state index in [-0.39, 0.29) is 11.2 Å². The monoisotopic (exact) mass is 417 g/mol. The predicted molar refractivity (Wildman–Crippen MR) is 117 cm³/mol. The lowest BCUT2D eigenvalue weighted by Crippen LogP contribution is -2.28. The van der Waals surface area contributed by atoms with Crippen LogP contribution in [0.3, 0.4) is 0 Å².